The lowest BCUT2D eigenvalue weighted by molar-refractivity contribution is 0.103. The molecule has 0 fully saturated rings. The topological polar surface area (TPSA) is 75.3 Å². The van der Waals surface area contributed by atoms with Gasteiger partial charge in [-0.2, -0.15) is 0 Å². The highest BCUT2D eigenvalue weighted by Crippen LogP contribution is 2.21. The van der Waals surface area contributed by atoms with Crippen LogP contribution in [-0.2, 0) is 16.6 Å². The summed E-state index contributed by atoms with van der Waals surface area (Å²) in [5.41, 5.74) is 2.34. The summed E-state index contributed by atoms with van der Waals surface area (Å²) in [5, 5.41) is 4.15. The minimum Gasteiger partial charge on any atom is -0.321 e. The molecule has 3 rings (SSSR count). The maximum absolute atomic E-state index is 12.9. The second-order valence-corrected chi connectivity index (χ2v) is 8.60. The Morgan fingerprint density at radius 3 is 2.41 bits per heavy atom. The summed E-state index contributed by atoms with van der Waals surface area (Å²) in [6.07, 6.45) is 0. The first kappa shape index (κ1) is 19.2. The summed E-state index contributed by atoms with van der Waals surface area (Å²) >= 11 is 1.05. The van der Waals surface area contributed by atoms with E-state index in [0.717, 1.165) is 16.9 Å². The maximum Gasteiger partial charge on any atom is 0.265 e. The van der Waals surface area contributed by atoms with Crippen LogP contribution in [-0.4, -0.2) is 14.3 Å². The number of halogens is 1. The second kappa shape index (κ2) is 7.99. The number of thiophene rings is 1. The van der Waals surface area contributed by atoms with Gasteiger partial charge in [-0.25, -0.2) is 17.5 Å². The van der Waals surface area contributed by atoms with Crippen molar-refractivity contribution >= 4 is 33.0 Å². The molecule has 1 amide bonds. The van der Waals surface area contributed by atoms with Crippen molar-refractivity contribution in [1.29, 1.82) is 0 Å². The summed E-state index contributed by atoms with van der Waals surface area (Å²) in [7, 11) is -3.77. The fourth-order valence-electron chi connectivity index (χ4n) is 2.27. The molecule has 0 spiro atoms. The smallest absolute Gasteiger partial charge is 0.265 e. The predicted octanol–water partition coefficient (Wildman–Crippen LogP) is 3.93. The Morgan fingerprint density at radius 2 is 1.74 bits per heavy atom. The number of hydrogen-bond donors (Lipinski definition) is 2. The van der Waals surface area contributed by atoms with Gasteiger partial charge in [-0.1, -0.05) is 29.8 Å². The Balaban J connectivity index is 1.66. The number of carbonyl (C=O) groups excluding carboxylic acids is 1. The zero-order chi connectivity index (χ0) is 19.4. The summed E-state index contributed by atoms with van der Waals surface area (Å²) in [4.78, 5) is 12.6. The normalized spacial score (nSPS) is 11.3. The standard InChI is InChI=1S/C19H17FN2O3S2/c1-13-2-8-16(9-3-13)22-19(23)18-10-17(12-26-18)27(24,25)21-11-14-4-6-15(20)7-5-14/h2-10,12,21H,11H2,1H3,(H,22,23). The monoisotopic (exact) mass is 404 g/mol. The van der Waals surface area contributed by atoms with Gasteiger partial charge < -0.3 is 5.32 Å². The van der Waals surface area contributed by atoms with E-state index in [0.29, 0.717) is 11.3 Å². The van der Waals surface area contributed by atoms with Crippen molar-refractivity contribution in [2.75, 3.05) is 5.32 Å². The summed E-state index contributed by atoms with van der Waals surface area (Å²) < 4.78 is 40.1. The van der Waals surface area contributed by atoms with E-state index in [1.165, 1.54) is 35.7 Å². The summed E-state index contributed by atoms with van der Waals surface area (Å²) in [5.74, 6) is -0.757. The van der Waals surface area contributed by atoms with Crippen LogP contribution in [0.4, 0.5) is 10.1 Å². The van der Waals surface area contributed by atoms with Crippen LogP contribution >= 0.6 is 11.3 Å². The molecule has 27 heavy (non-hydrogen) atoms. The highest BCUT2D eigenvalue weighted by atomic mass is 32.2. The number of sulfonamides is 1. The van der Waals surface area contributed by atoms with Crippen molar-refractivity contribution in [2.45, 2.75) is 18.4 Å². The van der Waals surface area contributed by atoms with Crippen LogP contribution < -0.4 is 10.0 Å². The van der Waals surface area contributed by atoms with E-state index in [1.54, 1.807) is 12.1 Å². The van der Waals surface area contributed by atoms with Gasteiger partial charge in [-0.05, 0) is 42.8 Å². The first-order chi connectivity index (χ1) is 12.8. The molecular formula is C19H17FN2O3S2. The van der Waals surface area contributed by atoms with Crippen LogP contribution in [0.3, 0.4) is 0 Å². The molecular weight excluding hydrogens is 387 g/mol. The van der Waals surface area contributed by atoms with Crippen LogP contribution in [0, 0.1) is 12.7 Å². The largest absolute Gasteiger partial charge is 0.321 e. The molecule has 5 nitrogen and oxygen atoms in total. The van der Waals surface area contributed by atoms with Gasteiger partial charge in [0.1, 0.15) is 5.82 Å². The van der Waals surface area contributed by atoms with Gasteiger partial charge in [0.2, 0.25) is 10.0 Å². The zero-order valence-corrected chi connectivity index (χ0v) is 16.0. The van der Waals surface area contributed by atoms with E-state index >= 15 is 0 Å². The van der Waals surface area contributed by atoms with Gasteiger partial charge in [0.05, 0.1) is 9.77 Å². The van der Waals surface area contributed by atoms with Crippen LogP contribution in [0.15, 0.2) is 64.9 Å². The van der Waals surface area contributed by atoms with Crippen molar-refractivity contribution in [1.82, 2.24) is 4.72 Å². The first-order valence-electron chi connectivity index (χ1n) is 8.04. The molecule has 0 aliphatic heterocycles. The van der Waals surface area contributed by atoms with Gasteiger partial charge in [-0.3, -0.25) is 4.79 Å². The third kappa shape index (κ3) is 5.00. The van der Waals surface area contributed by atoms with Crippen molar-refractivity contribution in [2.24, 2.45) is 0 Å². The minimum absolute atomic E-state index is 0.0173. The van der Waals surface area contributed by atoms with Gasteiger partial charge in [0, 0.05) is 17.6 Å². The molecule has 0 saturated heterocycles. The average Bonchev–Trinajstić information content (AvgIpc) is 3.14. The Morgan fingerprint density at radius 1 is 1.07 bits per heavy atom. The lowest BCUT2D eigenvalue weighted by Gasteiger charge is -2.05. The molecule has 3 aromatic rings. The number of carbonyl (C=O) groups is 1. The van der Waals surface area contributed by atoms with Crippen LogP contribution in [0.1, 0.15) is 20.8 Å². The van der Waals surface area contributed by atoms with Gasteiger partial charge >= 0.3 is 0 Å². The fraction of sp³-hybridized carbons (Fsp3) is 0.105. The molecule has 2 aromatic carbocycles. The zero-order valence-electron chi connectivity index (χ0n) is 14.4. The van der Waals surface area contributed by atoms with E-state index in [1.807, 2.05) is 19.1 Å². The number of hydrogen-bond acceptors (Lipinski definition) is 4. The average molecular weight is 404 g/mol. The molecule has 0 unspecified atom stereocenters. The molecule has 8 heteroatoms. The van der Waals surface area contributed by atoms with Gasteiger partial charge in [0.15, 0.2) is 0 Å². The number of anilines is 1. The Hall–Kier alpha value is -2.55. The lowest BCUT2D eigenvalue weighted by atomic mass is 10.2. The van der Waals surface area contributed by atoms with Crippen molar-refractivity contribution < 1.29 is 17.6 Å². The Bertz CT molecular complexity index is 1040. The highest BCUT2D eigenvalue weighted by molar-refractivity contribution is 7.89. The molecule has 0 saturated carbocycles. The highest BCUT2D eigenvalue weighted by Gasteiger charge is 2.19. The molecule has 2 N–H and O–H groups in total. The van der Waals surface area contributed by atoms with Crippen molar-refractivity contribution in [3.8, 4) is 0 Å². The first-order valence-corrected chi connectivity index (χ1v) is 10.4. The molecule has 0 radical (unpaired) electrons. The Labute approximate surface area is 160 Å². The maximum atomic E-state index is 12.9. The third-order valence-corrected chi connectivity index (χ3v) is 6.26. The van der Waals surface area contributed by atoms with E-state index in [2.05, 4.69) is 10.0 Å². The number of benzene rings is 2. The number of rotatable bonds is 6. The second-order valence-electron chi connectivity index (χ2n) is 5.92. The fourth-order valence-corrected chi connectivity index (χ4v) is 4.46. The van der Waals surface area contributed by atoms with E-state index < -0.39 is 10.0 Å². The molecule has 0 bridgehead atoms. The molecule has 1 aromatic heterocycles. The van der Waals surface area contributed by atoms with Gasteiger partial charge in [-0.15, -0.1) is 11.3 Å². The lowest BCUT2D eigenvalue weighted by Crippen LogP contribution is -2.22. The third-order valence-electron chi connectivity index (χ3n) is 3.80. The van der Waals surface area contributed by atoms with Crippen LogP contribution in [0.25, 0.3) is 0 Å². The summed E-state index contributed by atoms with van der Waals surface area (Å²) in [6.45, 7) is 1.98. The number of aryl methyl sites for hydroxylation is 1. The molecule has 0 aliphatic rings. The van der Waals surface area contributed by atoms with Gasteiger partial charge in [0.25, 0.3) is 5.91 Å². The van der Waals surface area contributed by atoms with Crippen LogP contribution in [0.5, 0.6) is 0 Å². The minimum atomic E-state index is -3.77. The predicted molar refractivity (Wildman–Crippen MR) is 104 cm³/mol. The SMILES string of the molecule is Cc1ccc(NC(=O)c2cc(S(=O)(=O)NCc3ccc(F)cc3)cs2)cc1. The van der Waals surface area contributed by atoms with Crippen molar-refractivity contribution in [3.63, 3.8) is 0 Å². The van der Waals surface area contributed by atoms with E-state index in [4.69, 9.17) is 0 Å². The van der Waals surface area contributed by atoms with Crippen molar-refractivity contribution in [3.05, 3.63) is 81.8 Å². The number of nitrogens with one attached hydrogen (secondary N) is 2. The molecule has 1 heterocycles. The number of amides is 1. The molecule has 0 atom stereocenters. The Kier molecular flexibility index (Phi) is 5.69. The molecule has 0 aliphatic carbocycles. The van der Waals surface area contributed by atoms with E-state index in [-0.39, 0.29) is 28.0 Å². The van der Waals surface area contributed by atoms with Crippen LogP contribution in [0.2, 0.25) is 0 Å². The summed E-state index contributed by atoms with van der Waals surface area (Å²) in [6, 6.07) is 14.2. The quantitative estimate of drug-likeness (QED) is 0.654. The van der Waals surface area contributed by atoms with E-state index in [9.17, 15) is 17.6 Å². The molecule has 140 valence electrons.